The van der Waals surface area contributed by atoms with Crippen LogP contribution in [-0.4, -0.2) is 13.6 Å². The van der Waals surface area contributed by atoms with Gasteiger partial charge in [-0.3, -0.25) is 4.72 Å². The standard InChI is InChI=1S/C12H13BrN2O3S/c1-7-4-5-10(6-11(7)13)15-19(16,17)12-8(2)14-18-9(12)3/h4-6,15H,1-3H3. The van der Waals surface area contributed by atoms with Gasteiger partial charge in [0, 0.05) is 10.2 Å². The van der Waals surface area contributed by atoms with E-state index in [4.69, 9.17) is 4.52 Å². The lowest BCUT2D eigenvalue weighted by Crippen LogP contribution is -2.14. The van der Waals surface area contributed by atoms with Crippen LogP contribution in [0.15, 0.2) is 32.1 Å². The number of sulfonamides is 1. The van der Waals surface area contributed by atoms with Gasteiger partial charge in [-0.15, -0.1) is 0 Å². The summed E-state index contributed by atoms with van der Waals surface area (Å²) in [4.78, 5) is 0.0872. The summed E-state index contributed by atoms with van der Waals surface area (Å²) in [6.45, 7) is 5.09. The van der Waals surface area contributed by atoms with Crippen LogP contribution in [0, 0.1) is 20.8 Å². The van der Waals surface area contributed by atoms with Gasteiger partial charge < -0.3 is 4.52 Å². The van der Waals surface area contributed by atoms with E-state index in [0.717, 1.165) is 10.0 Å². The van der Waals surface area contributed by atoms with Crippen molar-refractivity contribution in [2.75, 3.05) is 4.72 Å². The fourth-order valence-electron chi connectivity index (χ4n) is 1.72. The zero-order valence-electron chi connectivity index (χ0n) is 10.7. The van der Waals surface area contributed by atoms with Crippen molar-refractivity contribution < 1.29 is 12.9 Å². The molecular formula is C12H13BrN2O3S. The highest BCUT2D eigenvalue weighted by Crippen LogP contribution is 2.25. The highest BCUT2D eigenvalue weighted by molar-refractivity contribution is 9.10. The summed E-state index contributed by atoms with van der Waals surface area (Å²) < 4.78 is 32.8. The second-order valence-corrected chi connectivity index (χ2v) is 6.70. The first-order valence-electron chi connectivity index (χ1n) is 5.53. The van der Waals surface area contributed by atoms with Gasteiger partial charge in [-0.1, -0.05) is 27.2 Å². The first-order chi connectivity index (χ1) is 8.81. The van der Waals surface area contributed by atoms with Crippen LogP contribution >= 0.6 is 15.9 Å². The Bertz CT molecular complexity index is 703. The number of aromatic nitrogens is 1. The summed E-state index contributed by atoms with van der Waals surface area (Å²) in [5, 5.41) is 3.65. The molecule has 102 valence electrons. The molecule has 0 saturated heterocycles. The van der Waals surface area contributed by atoms with Crippen LogP contribution in [0.2, 0.25) is 0 Å². The summed E-state index contributed by atoms with van der Waals surface area (Å²) >= 11 is 3.37. The van der Waals surface area contributed by atoms with Crippen molar-refractivity contribution in [2.45, 2.75) is 25.7 Å². The number of aryl methyl sites for hydroxylation is 3. The van der Waals surface area contributed by atoms with Crippen molar-refractivity contribution in [1.82, 2.24) is 5.16 Å². The molecule has 1 heterocycles. The van der Waals surface area contributed by atoms with Gasteiger partial charge in [-0.2, -0.15) is 0 Å². The van der Waals surface area contributed by atoms with E-state index in [0.29, 0.717) is 11.4 Å². The van der Waals surface area contributed by atoms with E-state index < -0.39 is 10.0 Å². The number of anilines is 1. The summed E-state index contributed by atoms with van der Waals surface area (Å²) in [6, 6.07) is 5.25. The monoisotopic (exact) mass is 344 g/mol. The predicted octanol–water partition coefficient (Wildman–Crippen LogP) is 3.16. The van der Waals surface area contributed by atoms with Crippen LogP contribution in [0.25, 0.3) is 0 Å². The largest absolute Gasteiger partial charge is 0.360 e. The van der Waals surface area contributed by atoms with Crippen molar-refractivity contribution in [2.24, 2.45) is 0 Å². The molecule has 7 heteroatoms. The van der Waals surface area contributed by atoms with Crippen molar-refractivity contribution in [3.63, 3.8) is 0 Å². The topological polar surface area (TPSA) is 72.2 Å². The molecule has 0 fully saturated rings. The van der Waals surface area contributed by atoms with Gasteiger partial charge in [0.2, 0.25) is 0 Å². The van der Waals surface area contributed by atoms with Gasteiger partial charge in [0.1, 0.15) is 5.69 Å². The van der Waals surface area contributed by atoms with Gasteiger partial charge in [0.15, 0.2) is 10.7 Å². The number of nitrogens with zero attached hydrogens (tertiary/aromatic N) is 1. The normalized spacial score (nSPS) is 11.6. The van der Waals surface area contributed by atoms with Crippen LogP contribution < -0.4 is 4.72 Å². The number of hydrogen-bond donors (Lipinski definition) is 1. The van der Waals surface area contributed by atoms with Gasteiger partial charge in [0.05, 0.1) is 0 Å². The van der Waals surface area contributed by atoms with Crippen LogP contribution in [-0.2, 0) is 10.0 Å². The molecule has 0 aliphatic rings. The van der Waals surface area contributed by atoms with Gasteiger partial charge in [0.25, 0.3) is 10.0 Å². The van der Waals surface area contributed by atoms with Crippen LogP contribution in [0.5, 0.6) is 0 Å². The molecule has 0 atom stereocenters. The van der Waals surface area contributed by atoms with E-state index in [2.05, 4.69) is 25.8 Å². The molecule has 1 aromatic carbocycles. The summed E-state index contributed by atoms with van der Waals surface area (Å²) in [5.41, 5.74) is 1.86. The molecule has 0 aliphatic heterocycles. The predicted molar refractivity (Wildman–Crippen MR) is 75.7 cm³/mol. The zero-order chi connectivity index (χ0) is 14.2. The molecule has 0 unspecified atom stereocenters. The highest BCUT2D eigenvalue weighted by atomic mass is 79.9. The summed E-state index contributed by atoms with van der Waals surface area (Å²) in [6.07, 6.45) is 0. The third-order valence-electron chi connectivity index (χ3n) is 2.66. The Kier molecular flexibility index (Phi) is 3.69. The third kappa shape index (κ3) is 2.82. The van der Waals surface area contributed by atoms with Crippen LogP contribution in [0.3, 0.4) is 0 Å². The summed E-state index contributed by atoms with van der Waals surface area (Å²) in [7, 11) is -3.69. The van der Waals surface area contributed by atoms with Gasteiger partial charge >= 0.3 is 0 Å². The molecule has 1 aromatic heterocycles. The van der Waals surface area contributed by atoms with E-state index in [1.807, 2.05) is 13.0 Å². The lowest BCUT2D eigenvalue weighted by molar-refractivity contribution is 0.390. The molecular weight excluding hydrogens is 332 g/mol. The first kappa shape index (κ1) is 14.1. The van der Waals surface area contributed by atoms with Crippen LogP contribution in [0.1, 0.15) is 17.0 Å². The molecule has 0 bridgehead atoms. The Morgan fingerprint density at radius 2 is 1.95 bits per heavy atom. The quantitative estimate of drug-likeness (QED) is 0.928. The van der Waals surface area contributed by atoms with E-state index in [9.17, 15) is 8.42 Å². The Morgan fingerprint density at radius 1 is 1.26 bits per heavy atom. The molecule has 2 aromatic rings. The number of rotatable bonds is 3. The summed E-state index contributed by atoms with van der Waals surface area (Å²) in [5.74, 6) is 0.274. The third-order valence-corrected chi connectivity index (χ3v) is 5.14. The van der Waals surface area contributed by atoms with Crippen molar-refractivity contribution in [1.29, 1.82) is 0 Å². The Labute approximate surface area is 120 Å². The van der Waals surface area contributed by atoms with Crippen molar-refractivity contribution >= 4 is 31.6 Å². The molecule has 5 nitrogen and oxygen atoms in total. The molecule has 2 rings (SSSR count). The molecule has 19 heavy (non-hydrogen) atoms. The molecule has 0 amide bonds. The molecule has 0 saturated carbocycles. The second-order valence-electron chi connectivity index (χ2n) is 4.22. The average molecular weight is 345 g/mol. The fourth-order valence-corrected chi connectivity index (χ4v) is 3.48. The Balaban J connectivity index is 2.39. The second kappa shape index (κ2) is 4.97. The maximum atomic E-state index is 12.3. The maximum Gasteiger partial charge on any atom is 0.267 e. The van der Waals surface area contributed by atoms with E-state index >= 15 is 0 Å². The Morgan fingerprint density at radius 3 is 2.47 bits per heavy atom. The van der Waals surface area contributed by atoms with Crippen molar-refractivity contribution in [3.8, 4) is 0 Å². The first-order valence-corrected chi connectivity index (χ1v) is 7.81. The number of halogens is 1. The fraction of sp³-hybridized carbons (Fsp3) is 0.250. The van der Waals surface area contributed by atoms with E-state index in [-0.39, 0.29) is 10.7 Å². The molecule has 0 radical (unpaired) electrons. The lowest BCUT2D eigenvalue weighted by Gasteiger charge is -2.08. The minimum absolute atomic E-state index is 0.0872. The van der Waals surface area contributed by atoms with Crippen LogP contribution in [0.4, 0.5) is 5.69 Å². The smallest absolute Gasteiger partial charge is 0.267 e. The van der Waals surface area contributed by atoms with E-state index in [1.165, 1.54) is 0 Å². The SMILES string of the molecule is Cc1ccc(NS(=O)(=O)c2c(C)noc2C)cc1Br. The van der Waals surface area contributed by atoms with Gasteiger partial charge in [-0.25, -0.2) is 8.42 Å². The minimum atomic E-state index is -3.69. The van der Waals surface area contributed by atoms with Crippen molar-refractivity contribution in [3.05, 3.63) is 39.7 Å². The number of hydrogen-bond acceptors (Lipinski definition) is 4. The molecule has 1 N–H and O–H groups in total. The van der Waals surface area contributed by atoms with E-state index in [1.54, 1.807) is 26.0 Å². The van der Waals surface area contributed by atoms with Gasteiger partial charge in [-0.05, 0) is 38.5 Å². The lowest BCUT2D eigenvalue weighted by atomic mass is 10.2. The molecule has 0 aliphatic carbocycles. The molecule has 0 spiro atoms. The number of benzene rings is 1. The minimum Gasteiger partial charge on any atom is -0.360 e. The highest BCUT2D eigenvalue weighted by Gasteiger charge is 2.24. The number of nitrogens with one attached hydrogen (secondary N) is 1. The zero-order valence-corrected chi connectivity index (χ0v) is 13.1. The maximum absolute atomic E-state index is 12.3. The average Bonchev–Trinajstić information content (AvgIpc) is 2.64. The Hall–Kier alpha value is -1.34.